The third-order valence-corrected chi connectivity index (χ3v) is 7.23. The summed E-state index contributed by atoms with van der Waals surface area (Å²) in [6.07, 6.45) is 8.60. The van der Waals surface area contributed by atoms with E-state index in [-0.39, 0.29) is 11.4 Å². The summed E-state index contributed by atoms with van der Waals surface area (Å²) in [5.74, 6) is 0. The number of nitrogen functional groups attached to an aromatic ring is 1. The summed E-state index contributed by atoms with van der Waals surface area (Å²) in [5, 5.41) is 20.0. The zero-order chi connectivity index (χ0) is 28.2. The summed E-state index contributed by atoms with van der Waals surface area (Å²) in [4.78, 5) is 3.93. The minimum atomic E-state index is 0.249. The number of nitrogens with zero attached hydrogens (tertiary/aromatic N) is 1. The van der Waals surface area contributed by atoms with Crippen LogP contribution in [0.1, 0.15) is 5.56 Å². The van der Waals surface area contributed by atoms with E-state index in [1.807, 2.05) is 30.3 Å². The fourth-order valence-electron chi connectivity index (χ4n) is 5.27. The lowest BCUT2D eigenvalue weighted by molar-refractivity contribution is 1.32. The summed E-state index contributed by atoms with van der Waals surface area (Å²) >= 11 is 0. The number of fused-ring (bicyclic) bond motifs is 2. The van der Waals surface area contributed by atoms with Crippen LogP contribution in [0.4, 0.5) is 5.69 Å². The number of nitrogens with one attached hydrogen (secondary N) is 2. The van der Waals surface area contributed by atoms with E-state index in [1.54, 1.807) is 24.5 Å². The van der Waals surface area contributed by atoms with Crippen LogP contribution < -0.4 is 5.73 Å². The number of rotatable bonds is 3. The molecule has 41 heavy (non-hydrogen) atoms. The minimum absolute atomic E-state index is 0.249. The molecule has 0 fully saturated rings. The van der Waals surface area contributed by atoms with Gasteiger partial charge < -0.3 is 5.73 Å². The topological polar surface area (TPSA) is 86.6 Å². The SMILES string of the molecule is N=C1C=CC(c2ccncc2)=CC1=N.Nc1ccc(-c2c3ccccc3c(-c3ccccc3)c3ccccc23)cc1. The molecule has 5 aromatic carbocycles. The second kappa shape index (κ2) is 11.2. The molecule has 0 radical (unpaired) electrons. The molecule has 4 heteroatoms. The van der Waals surface area contributed by atoms with E-state index in [1.165, 1.54) is 43.8 Å². The molecule has 0 spiro atoms. The maximum absolute atomic E-state index is 7.51. The fraction of sp³-hybridized carbons (Fsp3) is 0. The van der Waals surface area contributed by atoms with Gasteiger partial charge >= 0.3 is 0 Å². The molecule has 196 valence electrons. The largest absolute Gasteiger partial charge is 0.399 e. The quantitative estimate of drug-likeness (QED) is 0.122. The van der Waals surface area contributed by atoms with E-state index >= 15 is 0 Å². The summed E-state index contributed by atoms with van der Waals surface area (Å²) in [7, 11) is 0. The second-order valence-corrected chi connectivity index (χ2v) is 9.83. The molecule has 4 N–H and O–H groups in total. The van der Waals surface area contributed by atoms with Gasteiger partial charge in [-0.05, 0) is 91.4 Å². The van der Waals surface area contributed by atoms with Crippen LogP contribution in [0.5, 0.6) is 0 Å². The molecule has 1 aromatic heterocycles. The molecule has 0 saturated carbocycles. The van der Waals surface area contributed by atoms with E-state index in [2.05, 4.69) is 96.0 Å². The molecule has 1 aliphatic rings. The van der Waals surface area contributed by atoms with Crippen molar-refractivity contribution in [2.45, 2.75) is 0 Å². The van der Waals surface area contributed by atoms with Crippen molar-refractivity contribution >= 4 is 44.2 Å². The normalized spacial score (nSPS) is 12.6. The van der Waals surface area contributed by atoms with Gasteiger partial charge in [-0.2, -0.15) is 0 Å². The first-order valence-corrected chi connectivity index (χ1v) is 13.4. The van der Waals surface area contributed by atoms with Gasteiger partial charge in [-0.15, -0.1) is 0 Å². The van der Waals surface area contributed by atoms with Crippen LogP contribution in [-0.2, 0) is 0 Å². The highest BCUT2D eigenvalue weighted by Gasteiger charge is 2.16. The monoisotopic (exact) mass is 528 g/mol. The van der Waals surface area contributed by atoms with Gasteiger partial charge in [-0.1, -0.05) is 97.1 Å². The number of pyridine rings is 1. The molecule has 0 aliphatic heterocycles. The van der Waals surface area contributed by atoms with Crippen LogP contribution in [0.15, 0.2) is 146 Å². The highest BCUT2D eigenvalue weighted by Crippen LogP contribution is 2.43. The number of hydrogen-bond donors (Lipinski definition) is 3. The lowest BCUT2D eigenvalue weighted by atomic mass is 9.86. The molecule has 1 heterocycles. The average Bonchev–Trinajstić information content (AvgIpc) is 3.03. The Morgan fingerprint density at radius 3 is 1.46 bits per heavy atom. The Balaban J connectivity index is 0.000000182. The Morgan fingerprint density at radius 1 is 0.463 bits per heavy atom. The Morgan fingerprint density at radius 2 is 0.951 bits per heavy atom. The second-order valence-electron chi connectivity index (χ2n) is 9.83. The molecule has 4 nitrogen and oxygen atoms in total. The van der Waals surface area contributed by atoms with Gasteiger partial charge in [-0.25, -0.2) is 0 Å². The van der Waals surface area contributed by atoms with Crippen LogP contribution in [0, 0.1) is 10.8 Å². The molecule has 0 amide bonds. The van der Waals surface area contributed by atoms with Gasteiger partial charge in [-0.3, -0.25) is 15.8 Å². The number of anilines is 1. The third-order valence-electron chi connectivity index (χ3n) is 7.23. The first kappa shape index (κ1) is 25.7. The zero-order valence-corrected chi connectivity index (χ0v) is 22.4. The third kappa shape index (κ3) is 5.19. The maximum atomic E-state index is 7.51. The van der Waals surface area contributed by atoms with Gasteiger partial charge in [0.05, 0.1) is 11.4 Å². The number of aromatic nitrogens is 1. The predicted molar refractivity (Wildman–Crippen MR) is 174 cm³/mol. The summed E-state index contributed by atoms with van der Waals surface area (Å²) < 4.78 is 0. The first-order valence-electron chi connectivity index (χ1n) is 13.4. The van der Waals surface area contributed by atoms with Crippen LogP contribution >= 0.6 is 0 Å². The van der Waals surface area contributed by atoms with E-state index in [9.17, 15) is 0 Å². The number of hydrogen-bond acceptors (Lipinski definition) is 4. The molecule has 0 saturated heterocycles. The Labute approximate surface area is 239 Å². The molecule has 0 atom stereocenters. The number of allylic oxidation sites excluding steroid dienone is 4. The smallest absolute Gasteiger partial charge is 0.0795 e. The highest BCUT2D eigenvalue weighted by atomic mass is 14.6. The fourth-order valence-corrected chi connectivity index (χ4v) is 5.27. The predicted octanol–water partition coefficient (Wildman–Crippen LogP) is 8.98. The summed E-state index contributed by atoms with van der Waals surface area (Å²) in [5.41, 5.74) is 14.2. The van der Waals surface area contributed by atoms with Crippen LogP contribution in [-0.4, -0.2) is 16.4 Å². The van der Waals surface area contributed by atoms with Crippen molar-refractivity contribution in [3.05, 3.63) is 151 Å². The van der Waals surface area contributed by atoms with Crippen molar-refractivity contribution in [1.82, 2.24) is 4.98 Å². The van der Waals surface area contributed by atoms with E-state index < -0.39 is 0 Å². The van der Waals surface area contributed by atoms with Gasteiger partial charge in [0.1, 0.15) is 0 Å². The molecule has 1 aliphatic carbocycles. The molecular weight excluding hydrogens is 500 g/mol. The first-order chi connectivity index (χ1) is 20.1. The van der Waals surface area contributed by atoms with Crippen molar-refractivity contribution < 1.29 is 0 Å². The minimum Gasteiger partial charge on any atom is -0.399 e. The van der Waals surface area contributed by atoms with E-state index in [4.69, 9.17) is 16.6 Å². The van der Waals surface area contributed by atoms with Gasteiger partial charge in [0.25, 0.3) is 0 Å². The van der Waals surface area contributed by atoms with Crippen molar-refractivity contribution in [3.8, 4) is 22.3 Å². The molecule has 0 unspecified atom stereocenters. The molecule has 6 aromatic rings. The molecule has 7 rings (SSSR count). The van der Waals surface area contributed by atoms with Gasteiger partial charge in [0.2, 0.25) is 0 Å². The lowest BCUT2D eigenvalue weighted by Crippen LogP contribution is -2.09. The standard InChI is InChI=1S/C26H19N.C11H9N3/c27-20-16-14-19(15-17-20)26-23-12-6-4-10-21(23)25(18-8-2-1-3-9-18)22-11-5-7-13-24(22)26;12-10-2-1-9(7-11(10)13)8-3-5-14-6-4-8/h1-17H,27H2;1-7,12-13H. The Bertz CT molecular complexity index is 1900. The van der Waals surface area contributed by atoms with Crippen LogP contribution in [0.2, 0.25) is 0 Å². The van der Waals surface area contributed by atoms with Crippen molar-refractivity contribution in [3.63, 3.8) is 0 Å². The van der Waals surface area contributed by atoms with Crippen molar-refractivity contribution in [1.29, 1.82) is 10.8 Å². The van der Waals surface area contributed by atoms with E-state index in [0.717, 1.165) is 16.8 Å². The number of benzene rings is 5. The van der Waals surface area contributed by atoms with Crippen molar-refractivity contribution in [2.24, 2.45) is 0 Å². The number of nitrogens with two attached hydrogens (primary N) is 1. The van der Waals surface area contributed by atoms with Gasteiger partial charge in [0.15, 0.2) is 0 Å². The maximum Gasteiger partial charge on any atom is 0.0795 e. The zero-order valence-electron chi connectivity index (χ0n) is 22.4. The average molecular weight is 529 g/mol. The lowest BCUT2D eigenvalue weighted by Gasteiger charge is -2.17. The van der Waals surface area contributed by atoms with Crippen LogP contribution in [0.3, 0.4) is 0 Å². The van der Waals surface area contributed by atoms with E-state index in [0.29, 0.717) is 0 Å². The summed E-state index contributed by atoms with van der Waals surface area (Å²) in [6.45, 7) is 0. The highest BCUT2D eigenvalue weighted by molar-refractivity contribution is 6.50. The van der Waals surface area contributed by atoms with Crippen molar-refractivity contribution in [2.75, 3.05) is 5.73 Å². The molecular formula is C37H28N4. The van der Waals surface area contributed by atoms with Gasteiger partial charge in [0, 0.05) is 18.1 Å². The summed E-state index contributed by atoms with van der Waals surface area (Å²) in [6, 6.07) is 40.0. The molecule has 0 bridgehead atoms. The Hall–Kier alpha value is -5.61. The Kier molecular flexibility index (Phi) is 7.04. The van der Waals surface area contributed by atoms with Crippen LogP contribution in [0.25, 0.3) is 49.4 Å².